The van der Waals surface area contributed by atoms with Gasteiger partial charge in [0.25, 0.3) is 0 Å². The van der Waals surface area contributed by atoms with Crippen molar-refractivity contribution in [2.75, 3.05) is 6.61 Å². The Bertz CT molecular complexity index is 189. The number of hydrogen-bond donors (Lipinski definition) is 0. The molecule has 0 N–H and O–H groups in total. The van der Waals surface area contributed by atoms with E-state index >= 15 is 0 Å². The molecule has 94 valence electrons. The fourth-order valence-electron chi connectivity index (χ4n) is 2.21. The van der Waals surface area contributed by atoms with Crippen LogP contribution < -0.4 is 0 Å². The van der Waals surface area contributed by atoms with E-state index < -0.39 is 0 Å². The van der Waals surface area contributed by atoms with Gasteiger partial charge in [-0.1, -0.05) is 51.9 Å². The van der Waals surface area contributed by atoms with Crippen LogP contribution in [-0.4, -0.2) is 12.6 Å². The molecule has 0 aromatic rings. The first-order chi connectivity index (χ1) is 7.79. The van der Waals surface area contributed by atoms with Gasteiger partial charge in [-0.15, -0.1) is 0 Å². The van der Waals surface area contributed by atoms with E-state index in [4.69, 9.17) is 4.74 Å². The second kappa shape index (κ2) is 8.60. The molecule has 1 rings (SSSR count). The highest BCUT2D eigenvalue weighted by molar-refractivity contribution is 5.69. The molecule has 2 heteroatoms. The monoisotopic (exact) mass is 226 g/mol. The molecule has 0 spiro atoms. The van der Waals surface area contributed by atoms with Crippen molar-refractivity contribution in [1.82, 2.24) is 0 Å². The van der Waals surface area contributed by atoms with Crippen LogP contribution in [0.5, 0.6) is 0 Å². The fraction of sp³-hybridized carbons (Fsp3) is 0.929. The Hall–Kier alpha value is -0.530. The molecule has 16 heavy (non-hydrogen) atoms. The van der Waals surface area contributed by atoms with Gasteiger partial charge in [0.15, 0.2) is 0 Å². The van der Waals surface area contributed by atoms with Crippen molar-refractivity contribution in [1.29, 1.82) is 0 Å². The van der Waals surface area contributed by atoms with E-state index in [1.165, 1.54) is 51.4 Å². The molecule has 0 saturated carbocycles. The summed E-state index contributed by atoms with van der Waals surface area (Å²) >= 11 is 0. The lowest BCUT2D eigenvalue weighted by Crippen LogP contribution is -2.12. The second-order valence-electron chi connectivity index (χ2n) is 5.16. The van der Waals surface area contributed by atoms with Crippen LogP contribution in [0.15, 0.2) is 0 Å². The Morgan fingerprint density at radius 3 is 2.19 bits per heavy atom. The fourth-order valence-corrected chi connectivity index (χ4v) is 2.21. The van der Waals surface area contributed by atoms with Crippen LogP contribution in [0.3, 0.4) is 0 Å². The molecule has 0 radical (unpaired) electrons. The van der Waals surface area contributed by atoms with E-state index in [2.05, 4.69) is 6.92 Å². The molecule has 2 nitrogen and oxygen atoms in total. The molecule has 0 aliphatic carbocycles. The predicted octanol–water partition coefficient (Wildman–Crippen LogP) is 4.08. The van der Waals surface area contributed by atoms with Crippen molar-refractivity contribution in [2.45, 2.75) is 71.1 Å². The first-order valence-electron chi connectivity index (χ1n) is 6.94. The van der Waals surface area contributed by atoms with Crippen molar-refractivity contribution in [3.05, 3.63) is 0 Å². The zero-order chi connectivity index (χ0) is 11.6. The average molecular weight is 226 g/mol. The number of hydrogen-bond acceptors (Lipinski definition) is 2. The summed E-state index contributed by atoms with van der Waals surface area (Å²) in [5.41, 5.74) is 0. The van der Waals surface area contributed by atoms with Crippen LogP contribution in [0.25, 0.3) is 0 Å². The lowest BCUT2D eigenvalue weighted by atomic mass is 10.0. The third kappa shape index (κ3) is 6.86. The summed E-state index contributed by atoms with van der Waals surface area (Å²) in [4.78, 5) is 11.4. The molecule has 1 fully saturated rings. The number of ether oxygens (including phenoxy) is 1. The van der Waals surface area contributed by atoms with Crippen molar-refractivity contribution in [3.8, 4) is 0 Å². The SMILES string of the molecule is C[C@H]1CCCCCCCCCCC(=O)OC1. The molecule has 1 aliphatic heterocycles. The van der Waals surface area contributed by atoms with E-state index in [1.807, 2.05) is 0 Å². The molecule has 0 aromatic heterocycles. The Morgan fingerprint density at radius 1 is 0.938 bits per heavy atom. The normalized spacial score (nSPS) is 26.8. The lowest BCUT2D eigenvalue weighted by Gasteiger charge is -2.12. The number of cyclic esters (lactones) is 1. The first kappa shape index (κ1) is 13.5. The van der Waals surface area contributed by atoms with Gasteiger partial charge in [0.1, 0.15) is 0 Å². The number of esters is 1. The van der Waals surface area contributed by atoms with Gasteiger partial charge in [0, 0.05) is 6.42 Å². The maximum Gasteiger partial charge on any atom is 0.305 e. The smallest absolute Gasteiger partial charge is 0.305 e. The van der Waals surface area contributed by atoms with Gasteiger partial charge in [0.05, 0.1) is 6.61 Å². The largest absolute Gasteiger partial charge is 0.465 e. The maximum absolute atomic E-state index is 11.4. The number of carbonyl (C=O) groups is 1. The quantitative estimate of drug-likeness (QED) is 0.582. The summed E-state index contributed by atoms with van der Waals surface area (Å²) < 4.78 is 5.26. The summed E-state index contributed by atoms with van der Waals surface area (Å²) in [5, 5.41) is 0. The second-order valence-corrected chi connectivity index (χ2v) is 5.16. The molecule has 1 heterocycles. The third-order valence-electron chi connectivity index (χ3n) is 3.36. The summed E-state index contributed by atoms with van der Waals surface area (Å²) in [6, 6.07) is 0. The van der Waals surface area contributed by atoms with Crippen LogP contribution in [0, 0.1) is 5.92 Å². The lowest BCUT2D eigenvalue weighted by molar-refractivity contribution is -0.145. The molecule has 0 unspecified atom stereocenters. The number of rotatable bonds is 0. The van der Waals surface area contributed by atoms with E-state index in [0.29, 0.717) is 18.9 Å². The molecular formula is C14H26O2. The highest BCUT2D eigenvalue weighted by Gasteiger charge is 2.08. The van der Waals surface area contributed by atoms with Crippen molar-refractivity contribution >= 4 is 5.97 Å². The van der Waals surface area contributed by atoms with Crippen LogP contribution in [0.4, 0.5) is 0 Å². The molecule has 0 bridgehead atoms. The first-order valence-corrected chi connectivity index (χ1v) is 6.94. The van der Waals surface area contributed by atoms with Gasteiger partial charge in [-0.25, -0.2) is 0 Å². The van der Waals surface area contributed by atoms with Gasteiger partial charge >= 0.3 is 5.97 Å². The van der Waals surface area contributed by atoms with Gasteiger partial charge in [-0.2, -0.15) is 0 Å². The molecule has 1 saturated heterocycles. The zero-order valence-electron chi connectivity index (χ0n) is 10.7. The van der Waals surface area contributed by atoms with Crippen LogP contribution in [0.2, 0.25) is 0 Å². The third-order valence-corrected chi connectivity index (χ3v) is 3.36. The molecule has 1 aliphatic rings. The molecule has 1 atom stereocenters. The topological polar surface area (TPSA) is 26.3 Å². The Labute approximate surface area is 99.8 Å². The van der Waals surface area contributed by atoms with Crippen molar-refractivity contribution in [3.63, 3.8) is 0 Å². The van der Waals surface area contributed by atoms with Gasteiger partial charge in [-0.3, -0.25) is 4.79 Å². The average Bonchev–Trinajstić information content (AvgIpc) is 2.28. The summed E-state index contributed by atoms with van der Waals surface area (Å²) in [7, 11) is 0. The van der Waals surface area contributed by atoms with Crippen molar-refractivity contribution in [2.24, 2.45) is 5.92 Å². The molecular weight excluding hydrogens is 200 g/mol. The van der Waals surface area contributed by atoms with Crippen LogP contribution in [0.1, 0.15) is 71.1 Å². The predicted molar refractivity (Wildman–Crippen MR) is 66.3 cm³/mol. The highest BCUT2D eigenvalue weighted by Crippen LogP contribution is 2.15. The number of carbonyl (C=O) groups excluding carboxylic acids is 1. The van der Waals surface area contributed by atoms with E-state index in [-0.39, 0.29) is 5.97 Å². The summed E-state index contributed by atoms with van der Waals surface area (Å²) in [6.45, 7) is 2.80. The Morgan fingerprint density at radius 2 is 1.50 bits per heavy atom. The summed E-state index contributed by atoms with van der Waals surface area (Å²) in [5.74, 6) is 0.538. The maximum atomic E-state index is 11.4. The van der Waals surface area contributed by atoms with Crippen LogP contribution >= 0.6 is 0 Å². The van der Waals surface area contributed by atoms with E-state index in [9.17, 15) is 4.79 Å². The Balaban J connectivity index is 2.23. The minimum absolute atomic E-state index is 0.00362. The summed E-state index contributed by atoms with van der Waals surface area (Å²) in [6.07, 6.45) is 12.0. The molecule has 0 aromatic carbocycles. The zero-order valence-corrected chi connectivity index (χ0v) is 10.7. The van der Waals surface area contributed by atoms with Gasteiger partial charge in [-0.05, 0) is 18.8 Å². The minimum atomic E-state index is 0.00362. The van der Waals surface area contributed by atoms with Crippen LogP contribution in [-0.2, 0) is 9.53 Å². The Kier molecular flexibility index (Phi) is 7.28. The molecule has 0 amide bonds. The van der Waals surface area contributed by atoms with E-state index in [0.717, 1.165) is 6.42 Å². The highest BCUT2D eigenvalue weighted by atomic mass is 16.5. The van der Waals surface area contributed by atoms with Gasteiger partial charge < -0.3 is 4.74 Å². The van der Waals surface area contributed by atoms with Gasteiger partial charge in [0.2, 0.25) is 0 Å². The van der Waals surface area contributed by atoms with E-state index in [1.54, 1.807) is 0 Å². The minimum Gasteiger partial charge on any atom is -0.465 e. The standard InChI is InChI=1S/C14H26O2/c1-13-10-8-6-4-2-3-5-7-9-11-14(15)16-12-13/h13H,2-12H2,1H3/t13-/m0/s1. The van der Waals surface area contributed by atoms with Crippen molar-refractivity contribution < 1.29 is 9.53 Å².